The van der Waals surface area contributed by atoms with Gasteiger partial charge in [0.2, 0.25) is 53.2 Å². The van der Waals surface area contributed by atoms with Crippen molar-refractivity contribution in [3.8, 4) is 0 Å². The smallest absolute Gasteiger partial charge is 0.322 e. The monoisotopic (exact) mass is 1050 g/mol. The summed E-state index contributed by atoms with van der Waals surface area (Å²) >= 11 is 0. The first-order valence-electron chi connectivity index (χ1n) is 24.2. The minimum Gasteiger partial charge on any atom is -0.480 e. The van der Waals surface area contributed by atoms with E-state index in [-0.39, 0.29) is 102 Å². The Kier molecular flexibility index (Phi) is 39.2. The molecule has 416 valence electrons. The number of amides is 9. The molecule has 0 radical (unpaired) electrons. The van der Waals surface area contributed by atoms with Gasteiger partial charge in [0.05, 0.1) is 26.4 Å². The van der Waals surface area contributed by atoms with E-state index in [0.29, 0.717) is 58.5 Å². The second-order valence-electron chi connectivity index (χ2n) is 16.3. The van der Waals surface area contributed by atoms with Crippen molar-refractivity contribution in [2.45, 2.75) is 121 Å². The lowest BCUT2D eigenvalue weighted by molar-refractivity contribution is -0.139. The number of carbonyl (C=O) groups excluding carboxylic acids is 9. The zero-order valence-electron chi connectivity index (χ0n) is 41.9. The van der Waals surface area contributed by atoms with E-state index in [4.69, 9.17) is 34.3 Å². The van der Waals surface area contributed by atoms with Gasteiger partial charge in [-0.3, -0.25) is 57.5 Å². The van der Waals surface area contributed by atoms with Crippen LogP contribution in [0.1, 0.15) is 103 Å². The number of carbonyl (C=O) groups is 12. The normalized spacial score (nSPS) is 11.9. The Bertz CT molecular complexity index is 1740. The number of carboxylic acids is 3. The number of hydrogen-bond donors (Lipinski definition) is 12. The number of carboxylic acid groups (broad SMARTS) is 3. The Labute approximate surface area is 424 Å². The molecule has 0 aliphatic heterocycles. The van der Waals surface area contributed by atoms with Gasteiger partial charge in [-0.15, -0.1) is 0 Å². The van der Waals surface area contributed by atoms with Gasteiger partial charge in [0.1, 0.15) is 37.8 Å². The summed E-state index contributed by atoms with van der Waals surface area (Å²) in [6.45, 7) is 0.689. The first-order chi connectivity index (χ1) is 34.9. The Morgan fingerprint density at radius 3 is 0.986 bits per heavy atom. The van der Waals surface area contributed by atoms with Gasteiger partial charge < -0.3 is 82.1 Å². The van der Waals surface area contributed by atoms with E-state index in [0.717, 1.165) is 0 Å². The lowest BCUT2D eigenvalue weighted by Crippen LogP contribution is -2.49. The number of hydrogen-bond acceptors (Lipinski definition) is 16. The standard InChI is InChI=1S/C45H77N9O19/c1-70-22-9-23-72-24-17-35(56)47-20-7-5-12-33(45(69)51-30-42(65)66)54-39(60)16-15-38(59)53-32(44(68)50-29-41(63)64)10-3-6-19-46-34(55)13-14-37(58)52-31(43(67)49-28-40(61)62)11-4-8-21-48-36(57)18-25-73-27-26-71-2/h31-33H,3-30H2,1-2H3,(H,46,55)(H,47,56)(H,48,57)(H,49,67)(H,50,68)(H,51,69)(H,52,58)(H,53,59)(H,54,60)(H,61,62)(H,63,64)(H,65,66). The zero-order valence-corrected chi connectivity index (χ0v) is 41.9. The molecule has 0 aromatic heterocycles. The molecule has 3 unspecified atom stereocenters. The summed E-state index contributed by atoms with van der Waals surface area (Å²) in [6, 6.07) is -3.53. The van der Waals surface area contributed by atoms with Crippen LogP contribution >= 0.6 is 0 Å². The van der Waals surface area contributed by atoms with E-state index >= 15 is 0 Å². The lowest BCUT2D eigenvalue weighted by atomic mass is 10.1. The highest BCUT2D eigenvalue weighted by Gasteiger charge is 2.25. The van der Waals surface area contributed by atoms with E-state index in [1.54, 1.807) is 7.11 Å². The molecule has 0 bridgehead atoms. The summed E-state index contributed by atoms with van der Waals surface area (Å²) in [5.41, 5.74) is 0. The third-order valence-corrected chi connectivity index (χ3v) is 10.1. The molecule has 0 spiro atoms. The third kappa shape index (κ3) is 39.7. The van der Waals surface area contributed by atoms with Crippen LogP contribution in [0, 0.1) is 0 Å². The highest BCUT2D eigenvalue weighted by Crippen LogP contribution is 2.07. The predicted molar refractivity (Wildman–Crippen MR) is 256 cm³/mol. The molecule has 0 heterocycles. The molecule has 0 aliphatic rings. The third-order valence-electron chi connectivity index (χ3n) is 10.1. The number of ether oxygens (including phenoxy) is 4. The molecule has 0 aromatic carbocycles. The first kappa shape index (κ1) is 66.5. The maximum atomic E-state index is 12.9. The molecular formula is C45H77N9O19. The van der Waals surface area contributed by atoms with Crippen LogP contribution in [0.4, 0.5) is 0 Å². The Morgan fingerprint density at radius 1 is 0.342 bits per heavy atom. The number of aliphatic carboxylic acids is 3. The van der Waals surface area contributed by atoms with Crippen LogP contribution in [0.25, 0.3) is 0 Å². The first-order valence-corrected chi connectivity index (χ1v) is 24.2. The van der Waals surface area contributed by atoms with E-state index < -0.39 is 110 Å². The molecule has 0 aliphatic carbocycles. The van der Waals surface area contributed by atoms with Gasteiger partial charge in [-0.05, 0) is 64.2 Å². The van der Waals surface area contributed by atoms with Gasteiger partial charge in [0.15, 0.2) is 0 Å². The Balaban J connectivity index is 5.04. The second kappa shape index (κ2) is 43.1. The Morgan fingerprint density at radius 2 is 0.658 bits per heavy atom. The van der Waals surface area contributed by atoms with Gasteiger partial charge in [-0.25, -0.2) is 0 Å². The van der Waals surface area contributed by atoms with Gasteiger partial charge in [-0.1, -0.05) is 0 Å². The van der Waals surface area contributed by atoms with Gasteiger partial charge >= 0.3 is 17.9 Å². The molecule has 0 rings (SSSR count). The molecule has 12 N–H and O–H groups in total. The maximum absolute atomic E-state index is 12.9. The van der Waals surface area contributed by atoms with Crippen LogP contribution < -0.4 is 47.9 Å². The predicted octanol–water partition coefficient (Wildman–Crippen LogP) is -3.04. The fraction of sp³-hybridized carbons (Fsp3) is 0.733. The fourth-order valence-electron chi connectivity index (χ4n) is 6.27. The number of nitrogens with one attached hydrogen (secondary N) is 9. The van der Waals surface area contributed by atoms with Gasteiger partial charge in [-0.2, -0.15) is 0 Å². The molecule has 9 amide bonds. The van der Waals surface area contributed by atoms with Crippen molar-refractivity contribution in [2.75, 3.05) is 93.1 Å². The topological polar surface area (TPSA) is 411 Å². The average molecular weight is 1050 g/mol. The zero-order chi connectivity index (χ0) is 54.7. The van der Waals surface area contributed by atoms with Crippen molar-refractivity contribution in [3.05, 3.63) is 0 Å². The molecule has 0 saturated carbocycles. The highest BCUT2D eigenvalue weighted by molar-refractivity contribution is 5.93. The van der Waals surface area contributed by atoms with Crippen LogP contribution in [0.15, 0.2) is 0 Å². The van der Waals surface area contributed by atoms with E-state index in [2.05, 4.69) is 47.9 Å². The fourth-order valence-corrected chi connectivity index (χ4v) is 6.27. The van der Waals surface area contributed by atoms with Crippen LogP contribution in [0.3, 0.4) is 0 Å². The summed E-state index contributed by atoms with van der Waals surface area (Å²) in [7, 11) is 3.10. The molecule has 28 heteroatoms. The van der Waals surface area contributed by atoms with Crippen molar-refractivity contribution in [1.29, 1.82) is 0 Å². The van der Waals surface area contributed by atoms with Crippen molar-refractivity contribution in [3.63, 3.8) is 0 Å². The molecule has 0 aromatic rings. The van der Waals surface area contributed by atoms with Crippen molar-refractivity contribution in [1.82, 2.24) is 47.9 Å². The molecule has 3 atom stereocenters. The SMILES string of the molecule is COCCCOCCC(=O)NCCCCC(NC(=O)CCC(=O)NC(CCCCNC(=O)CCC(=O)NC(CCCCNC(=O)CCOCCOC)C(=O)NCC(=O)O)C(=O)NCC(=O)O)C(=O)NCC(=O)O. The molecule has 0 saturated heterocycles. The van der Waals surface area contributed by atoms with E-state index in [1.165, 1.54) is 7.11 Å². The minimum absolute atomic E-state index is 0.0153. The molecule has 73 heavy (non-hydrogen) atoms. The summed E-state index contributed by atoms with van der Waals surface area (Å²) in [5, 5.41) is 49.1. The van der Waals surface area contributed by atoms with Crippen LogP contribution in [0.2, 0.25) is 0 Å². The summed E-state index contributed by atoms with van der Waals surface area (Å²) in [4.78, 5) is 146. The van der Waals surface area contributed by atoms with E-state index in [1.807, 2.05) is 0 Å². The van der Waals surface area contributed by atoms with Crippen molar-refractivity contribution >= 4 is 71.1 Å². The van der Waals surface area contributed by atoms with Gasteiger partial charge in [0.25, 0.3) is 0 Å². The second-order valence-corrected chi connectivity index (χ2v) is 16.3. The van der Waals surface area contributed by atoms with Crippen molar-refractivity contribution in [2.24, 2.45) is 0 Å². The summed E-state index contributed by atoms with van der Waals surface area (Å²) in [5.74, 6) is -9.46. The summed E-state index contributed by atoms with van der Waals surface area (Å²) in [6.07, 6.45) is 1.74. The van der Waals surface area contributed by atoms with Crippen LogP contribution in [-0.4, -0.2) is 198 Å². The van der Waals surface area contributed by atoms with E-state index in [9.17, 15) is 57.5 Å². The number of unbranched alkanes of at least 4 members (excludes halogenated alkanes) is 3. The number of methoxy groups -OCH3 is 2. The Hall–Kier alpha value is -6.52. The average Bonchev–Trinajstić information content (AvgIpc) is 3.34. The largest absolute Gasteiger partial charge is 0.480 e. The van der Waals surface area contributed by atoms with Crippen molar-refractivity contribution < 1.29 is 91.8 Å². The lowest BCUT2D eigenvalue weighted by Gasteiger charge is -2.19. The maximum Gasteiger partial charge on any atom is 0.322 e. The highest BCUT2D eigenvalue weighted by atomic mass is 16.5. The van der Waals surface area contributed by atoms with Gasteiger partial charge in [0, 0.05) is 85.6 Å². The molecule has 0 fully saturated rings. The van der Waals surface area contributed by atoms with Crippen LogP contribution in [0.5, 0.6) is 0 Å². The minimum atomic E-state index is -1.35. The summed E-state index contributed by atoms with van der Waals surface area (Å²) < 4.78 is 20.4. The molecular weight excluding hydrogens is 971 g/mol. The molecule has 28 nitrogen and oxygen atoms in total. The van der Waals surface area contributed by atoms with Crippen LogP contribution in [-0.2, 0) is 76.5 Å². The number of rotatable bonds is 46. The quantitative estimate of drug-likeness (QED) is 0.0270.